The molecule has 0 unspecified atom stereocenters. The van der Waals surface area contributed by atoms with Crippen molar-refractivity contribution in [2.45, 2.75) is 51.4 Å². The Morgan fingerprint density at radius 1 is 1.07 bits per heavy atom. The molecule has 0 atom stereocenters. The van der Waals surface area contributed by atoms with Gasteiger partial charge in [0, 0.05) is 48.2 Å². The minimum atomic E-state index is -4.77. The lowest BCUT2D eigenvalue weighted by Crippen LogP contribution is -2.46. The first-order valence-corrected chi connectivity index (χ1v) is 15.2. The summed E-state index contributed by atoms with van der Waals surface area (Å²) in [5, 5.41) is 13.3. The van der Waals surface area contributed by atoms with Crippen molar-refractivity contribution in [3.8, 4) is 17.3 Å². The molecule has 12 heteroatoms. The van der Waals surface area contributed by atoms with E-state index in [-0.39, 0.29) is 16.6 Å². The monoisotopic (exact) mass is 647 g/mol. The number of nitrogens with zero attached hydrogens (tertiary/aromatic N) is 3. The molecule has 1 aliphatic heterocycles. The molecule has 0 saturated carbocycles. The molecule has 2 N–H and O–H groups in total. The SMILES string of the molecule is CC1(C)C(=O)N(c2ccc(C#N)c(C(F)(F)F)c2)C(=S)N1CCNCc1ccc(-c2[nH]c3cc(F)cc4c3c2CCCC4=O)cc1. The lowest BCUT2D eigenvalue weighted by Gasteiger charge is -2.29. The maximum absolute atomic E-state index is 14.3. The number of Topliss-reactive ketones (excluding diaryl/α,β-unsaturated/α-hetero) is 1. The van der Waals surface area contributed by atoms with E-state index in [1.54, 1.807) is 24.8 Å². The Morgan fingerprint density at radius 2 is 1.80 bits per heavy atom. The van der Waals surface area contributed by atoms with Crippen LogP contribution in [0.1, 0.15) is 59.3 Å². The third kappa shape index (κ3) is 5.43. The zero-order chi connectivity index (χ0) is 33.0. The predicted molar refractivity (Wildman–Crippen MR) is 170 cm³/mol. The molecule has 2 aliphatic rings. The van der Waals surface area contributed by atoms with E-state index in [1.807, 2.05) is 24.3 Å². The zero-order valence-corrected chi connectivity index (χ0v) is 25.8. The molecule has 7 nitrogen and oxygen atoms in total. The van der Waals surface area contributed by atoms with Crippen molar-refractivity contribution < 1.29 is 27.2 Å². The lowest BCUT2D eigenvalue weighted by atomic mass is 9.99. The van der Waals surface area contributed by atoms with E-state index in [0.717, 1.165) is 44.8 Å². The molecule has 1 saturated heterocycles. The maximum atomic E-state index is 14.3. The van der Waals surface area contributed by atoms with Crippen LogP contribution in [0, 0.1) is 17.1 Å². The Kier molecular flexibility index (Phi) is 7.94. The number of carbonyl (C=O) groups excluding carboxylic acids is 2. The molecule has 4 aromatic rings. The molecule has 2 heterocycles. The number of ketones is 1. The molecule has 0 radical (unpaired) electrons. The molecule has 1 aromatic heterocycles. The van der Waals surface area contributed by atoms with Gasteiger partial charge in [-0.1, -0.05) is 24.3 Å². The Labute approximate surface area is 267 Å². The van der Waals surface area contributed by atoms with Crippen molar-refractivity contribution >= 4 is 45.6 Å². The zero-order valence-electron chi connectivity index (χ0n) is 25.0. The molecular weight excluding hydrogens is 618 g/mol. The molecular formula is C34H29F4N5O2S. The molecule has 3 aromatic carbocycles. The van der Waals surface area contributed by atoms with Crippen LogP contribution in [0.15, 0.2) is 54.6 Å². The number of hydrogen-bond donors (Lipinski definition) is 2. The summed E-state index contributed by atoms with van der Waals surface area (Å²) in [6.07, 6.45) is -2.97. The van der Waals surface area contributed by atoms with Crippen molar-refractivity contribution in [2.75, 3.05) is 18.0 Å². The number of aromatic amines is 1. The van der Waals surface area contributed by atoms with E-state index in [9.17, 15) is 27.2 Å². The molecule has 46 heavy (non-hydrogen) atoms. The minimum Gasteiger partial charge on any atom is -0.354 e. The molecule has 1 amide bonds. The molecule has 0 spiro atoms. The highest BCUT2D eigenvalue weighted by Crippen LogP contribution is 2.39. The number of halogens is 4. The quantitative estimate of drug-likeness (QED) is 0.129. The van der Waals surface area contributed by atoms with E-state index in [0.29, 0.717) is 50.0 Å². The van der Waals surface area contributed by atoms with Crippen LogP contribution >= 0.6 is 12.2 Å². The summed E-state index contributed by atoms with van der Waals surface area (Å²) in [5.74, 6) is -0.953. The van der Waals surface area contributed by atoms with Crippen molar-refractivity contribution in [1.82, 2.24) is 15.2 Å². The minimum absolute atomic E-state index is 0.0439. The number of nitrogens with one attached hydrogen (secondary N) is 2. The molecule has 1 aliphatic carbocycles. The van der Waals surface area contributed by atoms with Crippen LogP contribution in [0.3, 0.4) is 0 Å². The number of amides is 1. The number of nitriles is 1. The van der Waals surface area contributed by atoms with E-state index >= 15 is 0 Å². The predicted octanol–water partition coefficient (Wildman–Crippen LogP) is 6.89. The second kappa shape index (κ2) is 11.6. The second-order valence-electron chi connectivity index (χ2n) is 12.0. The third-order valence-corrected chi connectivity index (χ3v) is 9.09. The molecule has 1 fully saturated rings. The first-order chi connectivity index (χ1) is 21.8. The standard InChI is InChI=1S/C34H29F4N5O2S/c1-33(2)31(45)43(23-11-10-21(17-39)26(16-23)34(36,37)38)32(46)42(33)13-12-40-18-19-6-8-20(9-7-19)30-24-4-3-5-28(44)25-14-22(35)15-27(41-30)29(24)25/h6-11,14-16,40-41H,3-5,12-13,18H2,1-2H3. The van der Waals surface area contributed by atoms with E-state index < -0.39 is 34.6 Å². The van der Waals surface area contributed by atoms with Gasteiger partial charge in [-0.2, -0.15) is 18.4 Å². The van der Waals surface area contributed by atoms with Gasteiger partial charge in [-0.3, -0.25) is 14.5 Å². The van der Waals surface area contributed by atoms with Gasteiger partial charge in [-0.15, -0.1) is 0 Å². The van der Waals surface area contributed by atoms with Crippen LogP contribution in [0.2, 0.25) is 0 Å². The Morgan fingerprint density at radius 3 is 2.50 bits per heavy atom. The fraction of sp³-hybridized carbons (Fsp3) is 0.294. The van der Waals surface area contributed by atoms with E-state index in [4.69, 9.17) is 17.5 Å². The first kappa shape index (κ1) is 31.4. The maximum Gasteiger partial charge on any atom is 0.417 e. The largest absolute Gasteiger partial charge is 0.417 e. The van der Waals surface area contributed by atoms with Crippen LogP contribution in [-0.2, 0) is 23.9 Å². The van der Waals surface area contributed by atoms with Crippen LogP contribution in [0.5, 0.6) is 0 Å². The van der Waals surface area contributed by atoms with Crippen LogP contribution in [0.4, 0.5) is 23.2 Å². The number of thiocarbonyl (C=S) groups is 1. The highest BCUT2D eigenvalue weighted by atomic mass is 32.1. The van der Waals surface area contributed by atoms with Crippen LogP contribution < -0.4 is 10.2 Å². The fourth-order valence-corrected chi connectivity index (χ4v) is 6.81. The lowest BCUT2D eigenvalue weighted by molar-refractivity contribution is -0.137. The van der Waals surface area contributed by atoms with Gasteiger partial charge in [0.05, 0.1) is 22.9 Å². The van der Waals surface area contributed by atoms with Gasteiger partial charge < -0.3 is 15.2 Å². The molecule has 236 valence electrons. The van der Waals surface area contributed by atoms with Crippen molar-refractivity contribution in [3.05, 3.63) is 88.2 Å². The Hall–Kier alpha value is -4.60. The second-order valence-corrected chi connectivity index (χ2v) is 12.3. The van der Waals surface area contributed by atoms with Gasteiger partial charge in [-0.05, 0) is 85.9 Å². The summed E-state index contributed by atoms with van der Waals surface area (Å²) in [4.78, 5) is 32.0. The van der Waals surface area contributed by atoms with Gasteiger partial charge in [-0.25, -0.2) is 4.39 Å². The van der Waals surface area contributed by atoms with Crippen molar-refractivity contribution in [3.63, 3.8) is 0 Å². The summed E-state index contributed by atoms with van der Waals surface area (Å²) >= 11 is 5.56. The summed E-state index contributed by atoms with van der Waals surface area (Å²) in [6, 6.07) is 15.3. The van der Waals surface area contributed by atoms with Gasteiger partial charge in [0.25, 0.3) is 5.91 Å². The summed E-state index contributed by atoms with van der Waals surface area (Å²) in [6.45, 7) is 4.60. The fourth-order valence-electron chi connectivity index (χ4n) is 6.30. The van der Waals surface area contributed by atoms with E-state index in [1.165, 1.54) is 18.2 Å². The Balaban J connectivity index is 1.13. The van der Waals surface area contributed by atoms with Gasteiger partial charge in [0.1, 0.15) is 11.4 Å². The number of rotatable bonds is 7. The van der Waals surface area contributed by atoms with Crippen LogP contribution in [-0.4, -0.2) is 45.3 Å². The third-order valence-electron chi connectivity index (χ3n) is 8.69. The summed E-state index contributed by atoms with van der Waals surface area (Å²) in [7, 11) is 0. The van der Waals surface area contributed by atoms with Crippen molar-refractivity contribution in [2.24, 2.45) is 0 Å². The first-order valence-electron chi connectivity index (χ1n) is 14.8. The number of aryl methyl sites for hydroxylation is 1. The van der Waals surface area contributed by atoms with Gasteiger partial charge in [0.2, 0.25) is 0 Å². The summed E-state index contributed by atoms with van der Waals surface area (Å²) in [5.41, 5.74) is 2.05. The van der Waals surface area contributed by atoms with Crippen molar-refractivity contribution in [1.29, 1.82) is 5.26 Å². The molecule has 6 rings (SSSR count). The average Bonchev–Trinajstić information content (AvgIpc) is 3.37. The number of benzene rings is 3. The Bertz CT molecular complexity index is 1940. The number of H-pyrrole nitrogens is 1. The number of carbonyl (C=O) groups is 2. The topological polar surface area (TPSA) is 92.2 Å². The smallest absolute Gasteiger partial charge is 0.354 e. The number of hydrogen-bond acceptors (Lipinski definition) is 5. The number of aromatic nitrogens is 1. The van der Waals surface area contributed by atoms with E-state index in [2.05, 4.69) is 10.3 Å². The summed E-state index contributed by atoms with van der Waals surface area (Å²) < 4.78 is 55.0. The van der Waals surface area contributed by atoms with Gasteiger partial charge >= 0.3 is 6.18 Å². The normalized spacial score (nSPS) is 16.3. The van der Waals surface area contributed by atoms with Crippen LogP contribution in [0.25, 0.3) is 22.2 Å². The highest BCUT2D eigenvalue weighted by Gasteiger charge is 2.49. The molecule has 0 bridgehead atoms. The van der Waals surface area contributed by atoms with Gasteiger partial charge in [0.15, 0.2) is 10.9 Å². The number of anilines is 1. The highest BCUT2D eigenvalue weighted by molar-refractivity contribution is 7.80. The number of alkyl halides is 3. The average molecular weight is 648 g/mol.